The van der Waals surface area contributed by atoms with Crippen LogP contribution in [0.1, 0.15) is 25.1 Å². The van der Waals surface area contributed by atoms with Crippen molar-refractivity contribution in [3.63, 3.8) is 0 Å². The molecule has 0 aliphatic carbocycles. The van der Waals surface area contributed by atoms with Gasteiger partial charge in [0.15, 0.2) is 0 Å². The third-order valence-corrected chi connectivity index (χ3v) is 5.85. The maximum atomic E-state index is 13.3. The van der Waals surface area contributed by atoms with Crippen molar-refractivity contribution in [1.82, 2.24) is 20.2 Å². The van der Waals surface area contributed by atoms with Crippen molar-refractivity contribution in [2.75, 3.05) is 26.3 Å². The molecule has 1 aliphatic heterocycles. The summed E-state index contributed by atoms with van der Waals surface area (Å²) in [5.74, 6) is -0.693. The number of rotatable bonds is 6. The SMILES string of the molecule is CC(C)(NC(=O)Cc1ccc(F)cc1)C(=O)N1CCOC[C@H](Cc2ccc3cc[nH]c3n2)C1. The molecule has 4 rings (SSSR count). The van der Waals surface area contributed by atoms with Gasteiger partial charge in [-0.2, -0.15) is 0 Å². The average molecular weight is 453 g/mol. The standard InChI is InChI=1S/C25H29FN4O3/c1-25(2,29-22(31)14-17-3-6-20(26)7-4-17)24(32)30-11-12-33-16-18(15-30)13-21-8-5-19-9-10-27-23(19)28-21/h3-10,18H,11-16H2,1-2H3,(H,27,28)(H,29,31)/t18-/m1/s1. The molecular formula is C25H29FN4O3. The number of amides is 2. The Kier molecular flexibility index (Phi) is 6.74. The van der Waals surface area contributed by atoms with Gasteiger partial charge < -0.3 is 19.9 Å². The predicted molar refractivity (Wildman–Crippen MR) is 123 cm³/mol. The number of halogens is 1. The number of aromatic amines is 1. The fourth-order valence-electron chi connectivity index (χ4n) is 4.20. The van der Waals surface area contributed by atoms with E-state index in [1.807, 2.05) is 24.4 Å². The number of ether oxygens (including phenoxy) is 1. The number of fused-ring (bicyclic) bond motifs is 1. The minimum atomic E-state index is -1.08. The van der Waals surface area contributed by atoms with Crippen LogP contribution in [0.4, 0.5) is 4.39 Å². The highest BCUT2D eigenvalue weighted by molar-refractivity contribution is 5.91. The fourth-order valence-corrected chi connectivity index (χ4v) is 4.20. The largest absolute Gasteiger partial charge is 0.379 e. The summed E-state index contributed by atoms with van der Waals surface area (Å²) >= 11 is 0. The summed E-state index contributed by atoms with van der Waals surface area (Å²) in [4.78, 5) is 35.4. The first-order valence-corrected chi connectivity index (χ1v) is 11.2. The van der Waals surface area contributed by atoms with E-state index in [1.165, 1.54) is 12.1 Å². The Morgan fingerprint density at radius 1 is 1.21 bits per heavy atom. The molecule has 1 aliphatic rings. The van der Waals surface area contributed by atoms with E-state index in [2.05, 4.69) is 15.3 Å². The van der Waals surface area contributed by atoms with E-state index in [4.69, 9.17) is 4.74 Å². The van der Waals surface area contributed by atoms with Crippen LogP contribution in [0.5, 0.6) is 0 Å². The van der Waals surface area contributed by atoms with E-state index < -0.39 is 5.54 Å². The summed E-state index contributed by atoms with van der Waals surface area (Å²) in [6.07, 6.45) is 2.63. The first-order chi connectivity index (χ1) is 15.8. The Morgan fingerprint density at radius 2 is 2.00 bits per heavy atom. The molecule has 2 amide bonds. The fraction of sp³-hybridized carbons (Fsp3) is 0.400. The quantitative estimate of drug-likeness (QED) is 0.602. The second-order valence-corrected chi connectivity index (χ2v) is 9.09. The zero-order valence-electron chi connectivity index (χ0n) is 18.9. The van der Waals surface area contributed by atoms with Gasteiger partial charge in [-0.3, -0.25) is 9.59 Å². The number of nitrogens with one attached hydrogen (secondary N) is 2. The van der Waals surface area contributed by atoms with Crippen LogP contribution in [0.15, 0.2) is 48.7 Å². The van der Waals surface area contributed by atoms with Gasteiger partial charge in [0.2, 0.25) is 11.8 Å². The summed E-state index contributed by atoms with van der Waals surface area (Å²) in [5, 5.41) is 3.90. The van der Waals surface area contributed by atoms with E-state index in [9.17, 15) is 14.0 Å². The number of carbonyl (C=O) groups is 2. The third-order valence-electron chi connectivity index (χ3n) is 5.85. The van der Waals surface area contributed by atoms with Gasteiger partial charge in [0.05, 0.1) is 19.6 Å². The summed E-state index contributed by atoms with van der Waals surface area (Å²) in [7, 11) is 0. The number of aromatic nitrogens is 2. The van der Waals surface area contributed by atoms with E-state index in [0.717, 1.165) is 16.7 Å². The van der Waals surface area contributed by atoms with Crippen LogP contribution >= 0.6 is 0 Å². The molecule has 0 bridgehead atoms. The summed E-state index contributed by atoms with van der Waals surface area (Å²) < 4.78 is 18.9. The zero-order chi connectivity index (χ0) is 23.4. The molecule has 1 saturated heterocycles. The van der Waals surface area contributed by atoms with E-state index in [1.54, 1.807) is 30.9 Å². The maximum Gasteiger partial charge on any atom is 0.247 e. The molecule has 7 nitrogen and oxygen atoms in total. The smallest absolute Gasteiger partial charge is 0.247 e. The highest BCUT2D eigenvalue weighted by Crippen LogP contribution is 2.18. The Morgan fingerprint density at radius 3 is 2.79 bits per heavy atom. The number of nitrogens with zero attached hydrogens (tertiary/aromatic N) is 2. The number of benzene rings is 1. The van der Waals surface area contributed by atoms with Crippen LogP contribution in [0.2, 0.25) is 0 Å². The predicted octanol–water partition coefficient (Wildman–Crippen LogP) is 2.86. The summed E-state index contributed by atoms with van der Waals surface area (Å²) in [5.41, 5.74) is 1.40. The Hall–Kier alpha value is -3.26. The molecule has 3 heterocycles. The van der Waals surface area contributed by atoms with E-state index >= 15 is 0 Å². The van der Waals surface area contributed by atoms with Crippen molar-refractivity contribution in [3.05, 3.63) is 65.7 Å². The van der Waals surface area contributed by atoms with Crippen LogP contribution < -0.4 is 5.32 Å². The van der Waals surface area contributed by atoms with Gasteiger partial charge in [0.1, 0.15) is 17.0 Å². The lowest BCUT2D eigenvalue weighted by atomic mass is 9.99. The maximum absolute atomic E-state index is 13.3. The molecule has 174 valence electrons. The lowest BCUT2D eigenvalue weighted by molar-refractivity contribution is -0.140. The van der Waals surface area contributed by atoms with Gasteiger partial charge in [-0.25, -0.2) is 9.37 Å². The van der Waals surface area contributed by atoms with Gasteiger partial charge in [0.25, 0.3) is 0 Å². The van der Waals surface area contributed by atoms with Gasteiger partial charge in [0, 0.05) is 36.3 Å². The molecule has 2 aromatic heterocycles. The number of hydrogen-bond donors (Lipinski definition) is 2. The molecule has 0 radical (unpaired) electrons. The molecule has 33 heavy (non-hydrogen) atoms. The molecule has 2 N–H and O–H groups in total. The second-order valence-electron chi connectivity index (χ2n) is 9.09. The van der Waals surface area contributed by atoms with Crippen molar-refractivity contribution in [1.29, 1.82) is 0 Å². The molecule has 1 fully saturated rings. The minimum absolute atomic E-state index is 0.0790. The van der Waals surface area contributed by atoms with E-state index in [0.29, 0.717) is 38.3 Å². The number of carbonyl (C=O) groups excluding carboxylic acids is 2. The van der Waals surface area contributed by atoms with Crippen molar-refractivity contribution in [3.8, 4) is 0 Å². The Balaban J connectivity index is 1.38. The molecule has 3 aromatic rings. The summed E-state index contributed by atoms with van der Waals surface area (Å²) in [6.45, 7) is 5.41. The molecule has 0 saturated carbocycles. The molecule has 1 aromatic carbocycles. The second kappa shape index (κ2) is 9.70. The minimum Gasteiger partial charge on any atom is -0.379 e. The lowest BCUT2D eigenvalue weighted by Crippen LogP contribution is -2.57. The monoisotopic (exact) mass is 452 g/mol. The topological polar surface area (TPSA) is 87.3 Å². The molecular weight excluding hydrogens is 423 g/mol. The van der Waals surface area contributed by atoms with Gasteiger partial charge >= 0.3 is 0 Å². The number of pyridine rings is 1. The molecule has 1 atom stereocenters. The third kappa shape index (κ3) is 5.76. The highest BCUT2D eigenvalue weighted by atomic mass is 19.1. The number of hydrogen-bond acceptors (Lipinski definition) is 4. The highest BCUT2D eigenvalue weighted by Gasteiger charge is 2.35. The van der Waals surface area contributed by atoms with Crippen LogP contribution in [0.3, 0.4) is 0 Å². The average Bonchev–Trinajstić information content (AvgIpc) is 3.12. The lowest BCUT2D eigenvalue weighted by Gasteiger charge is -2.33. The normalized spacial score (nSPS) is 17.1. The summed E-state index contributed by atoms with van der Waals surface area (Å²) in [6, 6.07) is 11.8. The Bertz CT molecular complexity index is 1130. The van der Waals surface area contributed by atoms with Gasteiger partial charge in [-0.15, -0.1) is 0 Å². The van der Waals surface area contributed by atoms with Crippen LogP contribution in [0.25, 0.3) is 11.0 Å². The zero-order valence-corrected chi connectivity index (χ0v) is 18.9. The van der Waals surface area contributed by atoms with E-state index in [-0.39, 0.29) is 30.0 Å². The molecule has 0 spiro atoms. The first kappa shape index (κ1) is 22.9. The van der Waals surface area contributed by atoms with Crippen molar-refractivity contribution < 1.29 is 18.7 Å². The first-order valence-electron chi connectivity index (χ1n) is 11.2. The Labute approximate surface area is 192 Å². The molecule has 8 heteroatoms. The van der Waals surface area contributed by atoms with Crippen molar-refractivity contribution >= 4 is 22.8 Å². The van der Waals surface area contributed by atoms with Crippen molar-refractivity contribution in [2.45, 2.75) is 32.2 Å². The number of H-pyrrole nitrogens is 1. The van der Waals surface area contributed by atoms with Gasteiger partial charge in [-0.1, -0.05) is 12.1 Å². The molecule has 0 unspecified atom stereocenters. The van der Waals surface area contributed by atoms with Crippen molar-refractivity contribution in [2.24, 2.45) is 5.92 Å². The van der Waals surface area contributed by atoms with Gasteiger partial charge in [-0.05, 0) is 56.2 Å². The van der Waals surface area contributed by atoms with Crippen LogP contribution in [-0.4, -0.2) is 58.5 Å². The van der Waals surface area contributed by atoms with Crippen LogP contribution in [0, 0.1) is 11.7 Å². The van der Waals surface area contributed by atoms with Crippen LogP contribution in [-0.2, 0) is 27.2 Å².